The minimum atomic E-state index is -4.73. The predicted octanol–water partition coefficient (Wildman–Crippen LogP) is 3.23. The second-order valence-corrected chi connectivity index (χ2v) is 8.21. The summed E-state index contributed by atoms with van der Waals surface area (Å²) in [6.45, 7) is 1.71. The molecule has 0 radical (unpaired) electrons. The molecule has 0 saturated carbocycles. The Hall–Kier alpha value is -2.17. The Morgan fingerprint density at radius 1 is 0.929 bits per heavy atom. The summed E-state index contributed by atoms with van der Waals surface area (Å²) < 4.78 is 80.6. The van der Waals surface area contributed by atoms with Crippen LogP contribution < -0.4 is 4.74 Å². The molecule has 1 heterocycles. The van der Waals surface area contributed by atoms with Crippen LogP contribution in [0.15, 0.2) is 53.4 Å². The van der Waals surface area contributed by atoms with Gasteiger partial charge < -0.3 is 4.74 Å². The maximum Gasteiger partial charge on any atom is 0.573 e. The van der Waals surface area contributed by atoms with Crippen molar-refractivity contribution in [2.24, 2.45) is 0 Å². The maximum atomic E-state index is 13.8. The van der Waals surface area contributed by atoms with E-state index in [1.807, 2.05) is 4.90 Å². The third-order valence-corrected chi connectivity index (χ3v) is 6.28. The van der Waals surface area contributed by atoms with E-state index in [1.54, 1.807) is 0 Å². The summed E-state index contributed by atoms with van der Waals surface area (Å²) in [7, 11) is -3.90. The first-order valence-corrected chi connectivity index (χ1v) is 9.91. The van der Waals surface area contributed by atoms with Crippen LogP contribution in [0.25, 0.3) is 0 Å². The van der Waals surface area contributed by atoms with E-state index in [-0.39, 0.29) is 23.7 Å². The van der Waals surface area contributed by atoms with Crippen LogP contribution in [0.5, 0.6) is 5.75 Å². The zero-order valence-electron chi connectivity index (χ0n) is 14.7. The molecule has 5 nitrogen and oxygen atoms in total. The number of sulfonamides is 1. The van der Waals surface area contributed by atoms with Gasteiger partial charge in [-0.05, 0) is 29.8 Å². The number of nitrogens with zero attached hydrogens (tertiary/aromatic N) is 2. The molecule has 1 fully saturated rings. The third kappa shape index (κ3) is 5.00. The van der Waals surface area contributed by atoms with Crippen LogP contribution in [0.1, 0.15) is 5.56 Å². The lowest BCUT2D eigenvalue weighted by molar-refractivity contribution is -0.274. The van der Waals surface area contributed by atoms with E-state index in [0.717, 1.165) is 11.6 Å². The zero-order chi connectivity index (χ0) is 20.4. The van der Waals surface area contributed by atoms with Gasteiger partial charge in [0.15, 0.2) is 0 Å². The number of piperazine rings is 1. The topological polar surface area (TPSA) is 49.9 Å². The number of hydrogen-bond acceptors (Lipinski definition) is 4. The van der Waals surface area contributed by atoms with Crippen LogP contribution in [0.2, 0.25) is 0 Å². The molecule has 0 bridgehead atoms. The monoisotopic (exact) mass is 418 g/mol. The van der Waals surface area contributed by atoms with E-state index in [1.165, 1.54) is 46.8 Å². The molecule has 28 heavy (non-hydrogen) atoms. The summed E-state index contributed by atoms with van der Waals surface area (Å²) in [5, 5.41) is 0. The van der Waals surface area contributed by atoms with Crippen LogP contribution >= 0.6 is 0 Å². The van der Waals surface area contributed by atoms with Gasteiger partial charge in [0, 0.05) is 32.7 Å². The highest BCUT2D eigenvalue weighted by molar-refractivity contribution is 7.89. The average molecular weight is 418 g/mol. The molecular formula is C18H18F4N2O3S. The molecule has 3 rings (SSSR count). The molecule has 1 aliphatic heterocycles. The summed E-state index contributed by atoms with van der Waals surface area (Å²) in [5.74, 6) is -1.08. The van der Waals surface area contributed by atoms with Crippen molar-refractivity contribution >= 4 is 10.0 Å². The summed E-state index contributed by atoms with van der Waals surface area (Å²) in [4.78, 5) is 1.64. The molecule has 0 unspecified atom stereocenters. The summed E-state index contributed by atoms with van der Waals surface area (Å²) in [6.07, 6.45) is -4.73. The number of ether oxygens (including phenoxy) is 1. The third-order valence-electron chi connectivity index (χ3n) is 4.35. The van der Waals surface area contributed by atoms with Crippen LogP contribution in [-0.2, 0) is 16.6 Å². The normalized spacial score (nSPS) is 16.9. The number of hydrogen-bond donors (Lipinski definition) is 0. The van der Waals surface area contributed by atoms with Gasteiger partial charge in [0.2, 0.25) is 10.0 Å². The molecule has 0 N–H and O–H groups in total. The molecule has 2 aromatic carbocycles. The van der Waals surface area contributed by atoms with E-state index in [4.69, 9.17) is 0 Å². The second-order valence-electron chi connectivity index (χ2n) is 6.30. The van der Waals surface area contributed by atoms with Crippen LogP contribution in [0.3, 0.4) is 0 Å². The Bertz CT molecular complexity index is 909. The molecule has 0 spiro atoms. The van der Waals surface area contributed by atoms with E-state index in [2.05, 4.69) is 4.74 Å². The van der Waals surface area contributed by atoms with Gasteiger partial charge in [-0.25, -0.2) is 12.8 Å². The second kappa shape index (κ2) is 8.06. The quantitative estimate of drug-likeness (QED) is 0.700. The number of halogens is 4. The van der Waals surface area contributed by atoms with Gasteiger partial charge in [0.25, 0.3) is 0 Å². The molecule has 1 aliphatic rings. The molecule has 0 atom stereocenters. The van der Waals surface area contributed by atoms with Gasteiger partial charge in [0.1, 0.15) is 16.5 Å². The first-order valence-electron chi connectivity index (χ1n) is 8.47. The van der Waals surface area contributed by atoms with Crippen molar-refractivity contribution in [1.29, 1.82) is 0 Å². The Morgan fingerprint density at radius 2 is 1.54 bits per heavy atom. The molecule has 1 saturated heterocycles. The standard InChI is InChI=1S/C18H18F4N2O3S/c19-16-3-1-2-4-17(16)28(25,26)24-11-9-23(10-12-24)13-14-5-7-15(8-6-14)27-18(20,21)22/h1-8H,9-13H2. The van der Waals surface area contributed by atoms with Crippen molar-refractivity contribution in [2.75, 3.05) is 26.2 Å². The lowest BCUT2D eigenvalue weighted by atomic mass is 10.2. The smallest absolute Gasteiger partial charge is 0.406 e. The Labute approximate surface area is 160 Å². The minimum Gasteiger partial charge on any atom is -0.406 e. The van der Waals surface area contributed by atoms with Crippen molar-refractivity contribution in [3.8, 4) is 5.75 Å². The predicted molar refractivity (Wildman–Crippen MR) is 93.6 cm³/mol. The van der Waals surface area contributed by atoms with Crippen molar-refractivity contribution in [3.63, 3.8) is 0 Å². The van der Waals surface area contributed by atoms with Crippen molar-refractivity contribution in [1.82, 2.24) is 9.21 Å². The molecule has 0 aliphatic carbocycles. The first-order chi connectivity index (χ1) is 13.1. The molecule has 152 valence electrons. The molecular weight excluding hydrogens is 400 g/mol. The lowest BCUT2D eigenvalue weighted by Crippen LogP contribution is -2.48. The van der Waals surface area contributed by atoms with Crippen molar-refractivity contribution in [3.05, 3.63) is 59.9 Å². The Kier molecular flexibility index (Phi) is 5.92. The highest BCUT2D eigenvalue weighted by atomic mass is 32.2. The van der Waals surface area contributed by atoms with Crippen molar-refractivity contribution in [2.45, 2.75) is 17.8 Å². The Balaban J connectivity index is 1.58. The van der Waals surface area contributed by atoms with Crippen LogP contribution in [0, 0.1) is 5.82 Å². The van der Waals surface area contributed by atoms with Gasteiger partial charge >= 0.3 is 6.36 Å². The molecule has 10 heteroatoms. The maximum absolute atomic E-state index is 13.8. The molecule has 0 aromatic heterocycles. The SMILES string of the molecule is O=S(=O)(c1ccccc1F)N1CCN(Cc2ccc(OC(F)(F)F)cc2)CC1. The highest BCUT2D eigenvalue weighted by Gasteiger charge is 2.31. The fourth-order valence-electron chi connectivity index (χ4n) is 2.98. The van der Waals surface area contributed by atoms with E-state index < -0.39 is 22.2 Å². The minimum absolute atomic E-state index is 0.200. The van der Waals surface area contributed by atoms with Crippen LogP contribution in [0.4, 0.5) is 17.6 Å². The van der Waals surface area contributed by atoms with Gasteiger partial charge in [-0.1, -0.05) is 24.3 Å². The molecule has 0 amide bonds. The number of alkyl halides is 3. The van der Waals surface area contributed by atoms with Gasteiger partial charge in [-0.2, -0.15) is 4.31 Å². The largest absolute Gasteiger partial charge is 0.573 e. The fourth-order valence-corrected chi connectivity index (χ4v) is 4.46. The summed E-state index contributed by atoms with van der Waals surface area (Å²) in [6, 6.07) is 10.8. The van der Waals surface area contributed by atoms with Crippen molar-refractivity contribution < 1.29 is 30.7 Å². The van der Waals surface area contributed by atoms with Crippen LogP contribution in [-0.4, -0.2) is 50.2 Å². The van der Waals surface area contributed by atoms with Gasteiger partial charge in [-0.3, -0.25) is 4.90 Å². The lowest BCUT2D eigenvalue weighted by Gasteiger charge is -2.34. The number of rotatable bonds is 5. The van der Waals surface area contributed by atoms with E-state index >= 15 is 0 Å². The van der Waals surface area contributed by atoms with E-state index in [0.29, 0.717) is 19.6 Å². The van der Waals surface area contributed by atoms with Gasteiger partial charge in [-0.15, -0.1) is 13.2 Å². The molecule has 2 aromatic rings. The summed E-state index contributed by atoms with van der Waals surface area (Å²) >= 11 is 0. The average Bonchev–Trinajstić information content (AvgIpc) is 2.63. The number of benzene rings is 2. The van der Waals surface area contributed by atoms with Gasteiger partial charge in [0.05, 0.1) is 0 Å². The first kappa shape index (κ1) is 20.6. The zero-order valence-corrected chi connectivity index (χ0v) is 15.5. The Morgan fingerprint density at radius 3 is 2.11 bits per heavy atom. The fraction of sp³-hybridized carbons (Fsp3) is 0.333. The van der Waals surface area contributed by atoms with E-state index in [9.17, 15) is 26.0 Å². The summed E-state index contributed by atoms with van der Waals surface area (Å²) in [5.41, 5.74) is 0.778. The highest BCUT2D eigenvalue weighted by Crippen LogP contribution is 2.24.